The lowest BCUT2D eigenvalue weighted by Crippen LogP contribution is -2.27. The summed E-state index contributed by atoms with van der Waals surface area (Å²) in [7, 11) is 1.93. The summed E-state index contributed by atoms with van der Waals surface area (Å²) in [5.41, 5.74) is 2.19. The van der Waals surface area contributed by atoms with Crippen LogP contribution in [0.4, 0.5) is 0 Å². The molecule has 15 heavy (non-hydrogen) atoms. The van der Waals surface area contributed by atoms with Crippen molar-refractivity contribution < 1.29 is 9.47 Å². The molecule has 1 aliphatic heterocycles. The van der Waals surface area contributed by atoms with Gasteiger partial charge in [-0.3, -0.25) is 0 Å². The minimum atomic E-state index is 0.247. The Bertz CT molecular complexity index is 341. The second-order valence-corrected chi connectivity index (χ2v) is 3.47. The van der Waals surface area contributed by atoms with Crippen LogP contribution in [-0.2, 0) is 11.3 Å². The number of ether oxygens (including phenoxy) is 2. The van der Waals surface area contributed by atoms with Gasteiger partial charge in [0.1, 0.15) is 0 Å². The van der Waals surface area contributed by atoms with Crippen LogP contribution in [0.25, 0.3) is 0 Å². The molecule has 1 atom stereocenters. The van der Waals surface area contributed by atoms with E-state index >= 15 is 0 Å². The summed E-state index contributed by atoms with van der Waals surface area (Å²) in [6.45, 7) is 3.88. The lowest BCUT2D eigenvalue weighted by molar-refractivity contribution is 0.0806. The molecule has 2 heterocycles. The molecule has 0 saturated carbocycles. The van der Waals surface area contributed by atoms with Crippen molar-refractivity contribution in [1.82, 2.24) is 10.3 Å². The molecule has 0 aliphatic carbocycles. The molecule has 1 aliphatic rings. The Hall–Kier alpha value is -1.13. The summed E-state index contributed by atoms with van der Waals surface area (Å²) >= 11 is 0. The van der Waals surface area contributed by atoms with Gasteiger partial charge < -0.3 is 14.8 Å². The number of hydrogen-bond acceptors (Lipinski definition) is 4. The molecule has 2 rings (SSSR count). The van der Waals surface area contributed by atoms with Crippen molar-refractivity contribution in [3.63, 3.8) is 0 Å². The van der Waals surface area contributed by atoms with Crippen LogP contribution in [-0.4, -0.2) is 25.2 Å². The summed E-state index contributed by atoms with van der Waals surface area (Å²) < 4.78 is 10.8. The Morgan fingerprint density at radius 3 is 3.20 bits per heavy atom. The van der Waals surface area contributed by atoms with E-state index in [1.165, 1.54) is 5.56 Å². The molecule has 4 nitrogen and oxygen atoms in total. The number of pyridine rings is 1. The number of hydrogen-bond donors (Lipinski definition) is 1. The smallest absolute Gasteiger partial charge is 0.213 e. The third kappa shape index (κ3) is 2.11. The highest BCUT2D eigenvalue weighted by Crippen LogP contribution is 2.24. The van der Waals surface area contributed by atoms with E-state index in [4.69, 9.17) is 9.47 Å². The third-order valence-electron chi connectivity index (χ3n) is 2.52. The molecular weight excluding hydrogens is 192 g/mol. The first-order valence-electron chi connectivity index (χ1n) is 5.22. The zero-order chi connectivity index (χ0) is 10.7. The summed E-state index contributed by atoms with van der Waals surface area (Å²) in [6, 6.07) is 4.23. The van der Waals surface area contributed by atoms with Crippen LogP contribution in [0.5, 0.6) is 5.88 Å². The van der Waals surface area contributed by atoms with Gasteiger partial charge in [-0.15, -0.1) is 0 Å². The standard InChI is InChI=1S/C11H16N2O2/c1-3-15-11-5-4-8-9(12-2)6-14-7-10(8)13-11/h4-5,9,12H,3,6-7H2,1-2H3. The van der Waals surface area contributed by atoms with Gasteiger partial charge >= 0.3 is 0 Å². The van der Waals surface area contributed by atoms with Crippen LogP contribution < -0.4 is 10.1 Å². The number of likely N-dealkylation sites (N-methyl/N-ethyl adjacent to an activating group) is 1. The quantitative estimate of drug-likeness (QED) is 0.812. The maximum Gasteiger partial charge on any atom is 0.213 e. The predicted molar refractivity (Wildman–Crippen MR) is 56.9 cm³/mol. The van der Waals surface area contributed by atoms with Crippen LogP contribution in [0.15, 0.2) is 12.1 Å². The van der Waals surface area contributed by atoms with Crippen molar-refractivity contribution in [1.29, 1.82) is 0 Å². The fourth-order valence-corrected chi connectivity index (χ4v) is 1.76. The van der Waals surface area contributed by atoms with E-state index in [-0.39, 0.29) is 6.04 Å². The molecular formula is C11H16N2O2. The van der Waals surface area contributed by atoms with Crippen LogP contribution >= 0.6 is 0 Å². The van der Waals surface area contributed by atoms with Gasteiger partial charge in [-0.2, -0.15) is 0 Å². The summed E-state index contributed by atoms with van der Waals surface area (Å²) in [4.78, 5) is 4.41. The first kappa shape index (κ1) is 10.4. The first-order valence-corrected chi connectivity index (χ1v) is 5.22. The van der Waals surface area contributed by atoms with Gasteiger partial charge in [-0.05, 0) is 19.5 Å². The Morgan fingerprint density at radius 1 is 1.60 bits per heavy atom. The van der Waals surface area contributed by atoms with Gasteiger partial charge in [-0.25, -0.2) is 4.98 Å². The Kier molecular flexibility index (Phi) is 3.18. The van der Waals surface area contributed by atoms with E-state index < -0.39 is 0 Å². The molecule has 0 radical (unpaired) electrons. The van der Waals surface area contributed by atoms with Crippen LogP contribution in [0.3, 0.4) is 0 Å². The summed E-state index contributed by atoms with van der Waals surface area (Å²) in [5.74, 6) is 0.677. The van der Waals surface area contributed by atoms with Crippen molar-refractivity contribution in [3.05, 3.63) is 23.4 Å². The molecule has 1 unspecified atom stereocenters. The fourth-order valence-electron chi connectivity index (χ4n) is 1.76. The first-order chi connectivity index (χ1) is 7.35. The van der Waals surface area contributed by atoms with Crippen LogP contribution in [0.2, 0.25) is 0 Å². The van der Waals surface area contributed by atoms with Gasteiger partial charge in [0.2, 0.25) is 5.88 Å². The third-order valence-corrected chi connectivity index (χ3v) is 2.52. The average Bonchev–Trinajstić information content (AvgIpc) is 2.28. The average molecular weight is 208 g/mol. The zero-order valence-corrected chi connectivity index (χ0v) is 9.12. The highest BCUT2D eigenvalue weighted by molar-refractivity contribution is 5.29. The second kappa shape index (κ2) is 4.59. The summed E-state index contributed by atoms with van der Waals surface area (Å²) in [6.07, 6.45) is 0. The highest BCUT2D eigenvalue weighted by atomic mass is 16.5. The van der Waals surface area contributed by atoms with Crippen molar-refractivity contribution in [2.45, 2.75) is 19.6 Å². The predicted octanol–water partition coefficient (Wildman–Crippen LogP) is 1.27. The second-order valence-electron chi connectivity index (χ2n) is 3.47. The van der Waals surface area contributed by atoms with E-state index in [1.807, 2.05) is 20.0 Å². The van der Waals surface area contributed by atoms with Crippen molar-refractivity contribution >= 4 is 0 Å². The van der Waals surface area contributed by atoms with E-state index in [9.17, 15) is 0 Å². The zero-order valence-electron chi connectivity index (χ0n) is 9.12. The number of nitrogens with one attached hydrogen (secondary N) is 1. The topological polar surface area (TPSA) is 43.4 Å². The van der Waals surface area contributed by atoms with Crippen LogP contribution in [0.1, 0.15) is 24.2 Å². The molecule has 0 saturated heterocycles. The number of aromatic nitrogens is 1. The largest absolute Gasteiger partial charge is 0.478 e. The maximum absolute atomic E-state index is 5.45. The highest BCUT2D eigenvalue weighted by Gasteiger charge is 2.20. The minimum Gasteiger partial charge on any atom is -0.478 e. The van der Waals surface area contributed by atoms with Gasteiger partial charge in [0.25, 0.3) is 0 Å². The molecule has 1 aromatic heterocycles. The number of nitrogens with zero attached hydrogens (tertiary/aromatic N) is 1. The lowest BCUT2D eigenvalue weighted by Gasteiger charge is -2.24. The Morgan fingerprint density at radius 2 is 2.47 bits per heavy atom. The number of fused-ring (bicyclic) bond motifs is 1. The molecule has 0 fully saturated rings. The molecule has 1 N–H and O–H groups in total. The van der Waals surface area contributed by atoms with Gasteiger partial charge in [0.05, 0.1) is 31.6 Å². The van der Waals surface area contributed by atoms with Crippen molar-refractivity contribution in [2.24, 2.45) is 0 Å². The van der Waals surface area contributed by atoms with Crippen molar-refractivity contribution in [3.8, 4) is 5.88 Å². The van der Waals surface area contributed by atoms with E-state index in [2.05, 4.69) is 16.4 Å². The molecule has 0 aromatic carbocycles. The molecule has 0 spiro atoms. The SMILES string of the molecule is CCOc1ccc2c(n1)COCC2NC. The van der Waals surface area contributed by atoms with E-state index in [0.29, 0.717) is 25.7 Å². The molecule has 82 valence electrons. The van der Waals surface area contributed by atoms with Gasteiger partial charge in [0, 0.05) is 6.07 Å². The van der Waals surface area contributed by atoms with E-state index in [0.717, 1.165) is 5.69 Å². The lowest BCUT2D eigenvalue weighted by atomic mass is 10.0. The van der Waals surface area contributed by atoms with Gasteiger partial charge in [0.15, 0.2) is 0 Å². The Balaban J connectivity index is 2.27. The number of rotatable bonds is 3. The molecule has 0 amide bonds. The van der Waals surface area contributed by atoms with E-state index in [1.54, 1.807) is 0 Å². The van der Waals surface area contributed by atoms with Crippen molar-refractivity contribution in [2.75, 3.05) is 20.3 Å². The van der Waals surface area contributed by atoms with Crippen LogP contribution in [0, 0.1) is 0 Å². The molecule has 1 aromatic rings. The fraction of sp³-hybridized carbons (Fsp3) is 0.545. The molecule has 4 heteroatoms. The normalized spacial score (nSPS) is 19.7. The minimum absolute atomic E-state index is 0.247. The van der Waals surface area contributed by atoms with Gasteiger partial charge in [-0.1, -0.05) is 6.07 Å². The summed E-state index contributed by atoms with van der Waals surface area (Å²) in [5, 5.41) is 3.21. The Labute approximate surface area is 89.6 Å². The molecule has 0 bridgehead atoms. The maximum atomic E-state index is 5.45. The monoisotopic (exact) mass is 208 g/mol.